The molecule has 2 aromatic heterocycles. The molecule has 0 amide bonds. The SMILES string of the molecule is Nc1nc(CF)nc2c1ncn2C1O[C@H](CO)[C@@H](O)[C@H]1O. The maximum Gasteiger partial charge on any atom is 0.168 e. The molecule has 0 radical (unpaired) electrons. The number of hydrogen-bond donors (Lipinski definition) is 4. The van der Waals surface area contributed by atoms with Gasteiger partial charge in [0.1, 0.15) is 30.5 Å². The Morgan fingerprint density at radius 3 is 2.71 bits per heavy atom. The Bertz CT molecular complexity index is 665. The third-order valence-electron chi connectivity index (χ3n) is 3.41. The Hall–Kier alpha value is -1.88. The Labute approximate surface area is 117 Å². The molecule has 1 unspecified atom stereocenters. The number of aliphatic hydroxyl groups is 3. The average molecular weight is 299 g/mol. The van der Waals surface area contributed by atoms with Crippen LogP contribution in [0.25, 0.3) is 11.2 Å². The molecule has 114 valence electrons. The van der Waals surface area contributed by atoms with Crippen LogP contribution in [0, 0.1) is 0 Å². The zero-order valence-electron chi connectivity index (χ0n) is 10.8. The number of imidazole rings is 1. The fourth-order valence-electron chi connectivity index (χ4n) is 2.34. The van der Waals surface area contributed by atoms with E-state index in [9.17, 15) is 14.6 Å². The molecule has 1 aliphatic rings. The zero-order valence-corrected chi connectivity index (χ0v) is 10.8. The van der Waals surface area contributed by atoms with Crippen LogP contribution < -0.4 is 5.73 Å². The number of rotatable bonds is 3. The summed E-state index contributed by atoms with van der Waals surface area (Å²) in [6.07, 6.45) is -3.18. The third-order valence-corrected chi connectivity index (χ3v) is 3.41. The van der Waals surface area contributed by atoms with Crippen molar-refractivity contribution in [2.45, 2.75) is 31.2 Å². The standard InChI is InChI=1S/C11H14FN5O4/c12-1-5-15-9(13)6-10(16-5)17(3-14-6)11-8(20)7(19)4(2-18)21-11/h3-4,7-8,11,18-20H,1-2H2,(H2,13,15,16)/t4-,7-,8-,11?/m1/s1. The van der Waals surface area contributed by atoms with Crippen molar-refractivity contribution >= 4 is 17.0 Å². The Morgan fingerprint density at radius 2 is 2.10 bits per heavy atom. The number of anilines is 1. The molecule has 1 aliphatic heterocycles. The molecule has 0 bridgehead atoms. The molecule has 0 spiro atoms. The molecule has 9 nitrogen and oxygen atoms in total. The van der Waals surface area contributed by atoms with Gasteiger partial charge in [-0.05, 0) is 0 Å². The first kappa shape index (κ1) is 14.1. The van der Waals surface area contributed by atoms with Crippen LogP contribution in [-0.4, -0.2) is 59.8 Å². The van der Waals surface area contributed by atoms with Gasteiger partial charge < -0.3 is 25.8 Å². The van der Waals surface area contributed by atoms with Crippen LogP contribution in [0.1, 0.15) is 12.1 Å². The van der Waals surface area contributed by atoms with Crippen molar-refractivity contribution in [1.29, 1.82) is 0 Å². The van der Waals surface area contributed by atoms with Crippen molar-refractivity contribution in [3.8, 4) is 0 Å². The lowest BCUT2D eigenvalue weighted by Crippen LogP contribution is -2.33. The minimum absolute atomic E-state index is 0.0122. The van der Waals surface area contributed by atoms with Crippen molar-refractivity contribution in [3.05, 3.63) is 12.2 Å². The van der Waals surface area contributed by atoms with Gasteiger partial charge in [0.15, 0.2) is 23.5 Å². The first-order valence-corrected chi connectivity index (χ1v) is 6.24. The summed E-state index contributed by atoms with van der Waals surface area (Å²) in [5.74, 6) is -0.105. The van der Waals surface area contributed by atoms with Gasteiger partial charge >= 0.3 is 0 Å². The molecule has 3 rings (SSSR count). The number of halogens is 1. The van der Waals surface area contributed by atoms with Crippen molar-refractivity contribution < 1.29 is 24.4 Å². The normalized spacial score (nSPS) is 29.3. The van der Waals surface area contributed by atoms with Gasteiger partial charge in [-0.2, -0.15) is 0 Å². The smallest absolute Gasteiger partial charge is 0.168 e. The van der Waals surface area contributed by atoms with Crippen LogP contribution in [0.4, 0.5) is 10.2 Å². The number of hydrogen-bond acceptors (Lipinski definition) is 8. The second-order valence-electron chi connectivity index (χ2n) is 4.71. The topological polar surface area (TPSA) is 140 Å². The Balaban J connectivity index is 2.07. The number of alkyl halides is 1. The Morgan fingerprint density at radius 1 is 1.33 bits per heavy atom. The highest BCUT2D eigenvalue weighted by atomic mass is 19.1. The molecule has 0 aromatic carbocycles. The van der Waals surface area contributed by atoms with Crippen molar-refractivity contribution in [2.24, 2.45) is 0 Å². The number of fused-ring (bicyclic) bond motifs is 1. The number of aromatic nitrogens is 4. The second-order valence-corrected chi connectivity index (χ2v) is 4.71. The van der Waals surface area contributed by atoms with E-state index < -0.39 is 37.8 Å². The summed E-state index contributed by atoms with van der Waals surface area (Å²) in [7, 11) is 0. The maximum atomic E-state index is 12.7. The van der Waals surface area contributed by atoms with Gasteiger partial charge in [0.25, 0.3) is 0 Å². The van der Waals surface area contributed by atoms with E-state index in [1.54, 1.807) is 0 Å². The van der Waals surface area contributed by atoms with Crippen molar-refractivity contribution in [1.82, 2.24) is 19.5 Å². The Kier molecular flexibility index (Phi) is 3.45. The van der Waals surface area contributed by atoms with Crippen molar-refractivity contribution in [3.63, 3.8) is 0 Å². The van der Waals surface area contributed by atoms with Gasteiger partial charge in [0, 0.05) is 0 Å². The molecular weight excluding hydrogens is 285 g/mol. The molecule has 1 saturated heterocycles. The summed E-state index contributed by atoms with van der Waals surface area (Å²) in [6, 6.07) is 0. The molecule has 1 fully saturated rings. The van der Waals surface area contributed by atoms with Crippen LogP contribution in [0.5, 0.6) is 0 Å². The fraction of sp³-hybridized carbons (Fsp3) is 0.545. The predicted molar refractivity (Wildman–Crippen MR) is 67.6 cm³/mol. The maximum absolute atomic E-state index is 12.7. The fourth-order valence-corrected chi connectivity index (χ4v) is 2.34. The molecule has 5 N–H and O–H groups in total. The highest BCUT2D eigenvalue weighted by Gasteiger charge is 2.44. The van der Waals surface area contributed by atoms with Crippen LogP contribution in [0.3, 0.4) is 0 Å². The van der Waals surface area contributed by atoms with E-state index in [0.717, 1.165) is 0 Å². The van der Waals surface area contributed by atoms with E-state index in [4.69, 9.17) is 15.6 Å². The molecule has 10 heteroatoms. The molecular formula is C11H14FN5O4. The van der Waals surface area contributed by atoms with Crippen LogP contribution in [0.2, 0.25) is 0 Å². The summed E-state index contributed by atoms with van der Waals surface area (Å²) >= 11 is 0. The van der Waals surface area contributed by atoms with E-state index in [2.05, 4.69) is 15.0 Å². The largest absolute Gasteiger partial charge is 0.394 e. The van der Waals surface area contributed by atoms with Gasteiger partial charge in [-0.25, -0.2) is 19.3 Å². The van der Waals surface area contributed by atoms with Gasteiger partial charge in [-0.1, -0.05) is 0 Å². The molecule has 2 aromatic rings. The van der Waals surface area contributed by atoms with Crippen molar-refractivity contribution in [2.75, 3.05) is 12.3 Å². The second kappa shape index (κ2) is 5.15. The highest BCUT2D eigenvalue weighted by Crippen LogP contribution is 2.31. The molecule has 0 saturated carbocycles. The van der Waals surface area contributed by atoms with Gasteiger partial charge in [0.2, 0.25) is 0 Å². The number of nitrogens with zero attached hydrogens (tertiary/aromatic N) is 4. The monoisotopic (exact) mass is 299 g/mol. The van der Waals surface area contributed by atoms with E-state index in [0.29, 0.717) is 0 Å². The summed E-state index contributed by atoms with van der Waals surface area (Å²) in [4.78, 5) is 11.7. The summed E-state index contributed by atoms with van der Waals surface area (Å²) < 4.78 is 19.4. The lowest BCUT2D eigenvalue weighted by Gasteiger charge is -2.16. The summed E-state index contributed by atoms with van der Waals surface area (Å²) in [6.45, 7) is -1.35. The molecule has 3 heterocycles. The van der Waals surface area contributed by atoms with E-state index in [1.807, 2.05) is 0 Å². The predicted octanol–water partition coefficient (Wildman–Crippen LogP) is -1.51. The van der Waals surface area contributed by atoms with E-state index in [1.165, 1.54) is 10.9 Å². The van der Waals surface area contributed by atoms with Gasteiger partial charge in [0.05, 0.1) is 12.9 Å². The minimum Gasteiger partial charge on any atom is -0.394 e. The zero-order chi connectivity index (χ0) is 15.1. The quantitative estimate of drug-likeness (QED) is 0.536. The van der Waals surface area contributed by atoms with E-state index in [-0.39, 0.29) is 22.8 Å². The minimum atomic E-state index is -1.29. The summed E-state index contributed by atoms with van der Waals surface area (Å²) in [5.41, 5.74) is 6.10. The van der Waals surface area contributed by atoms with Gasteiger partial charge in [-0.3, -0.25) is 4.57 Å². The average Bonchev–Trinajstić information content (AvgIpc) is 3.02. The van der Waals surface area contributed by atoms with E-state index >= 15 is 0 Å². The molecule has 4 atom stereocenters. The number of aliphatic hydroxyl groups excluding tert-OH is 3. The number of nitrogen functional groups attached to an aromatic ring is 1. The first-order valence-electron chi connectivity index (χ1n) is 6.24. The summed E-state index contributed by atoms with van der Waals surface area (Å²) in [5, 5.41) is 28.9. The highest BCUT2D eigenvalue weighted by molar-refractivity contribution is 5.81. The van der Waals surface area contributed by atoms with Crippen LogP contribution in [0.15, 0.2) is 6.33 Å². The van der Waals surface area contributed by atoms with Crippen LogP contribution >= 0.6 is 0 Å². The lowest BCUT2D eigenvalue weighted by atomic mass is 10.1. The third kappa shape index (κ3) is 2.12. The molecule has 21 heavy (non-hydrogen) atoms. The first-order chi connectivity index (χ1) is 10.1. The lowest BCUT2D eigenvalue weighted by molar-refractivity contribution is -0.0511. The van der Waals surface area contributed by atoms with Crippen LogP contribution in [-0.2, 0) is 11.4 Å². The molecule has 0 aliphatic carbocycles. The van der Waals surface area contributed by atoms with Gasteiger partial charge in [-0.15, -0.1) is 0 Å². The number of nitrogens with two attached hydrogens (primary N) is 1. The number of ether oxygens (including phenoxy) is 1.